The molecule has 1 aromatic heterocycles. The SMILES string of the molecule is [CH]c1nn(C)c(Cl)c1[CH]. The van der Waals surface area contributed by atoms with E-state index in [1.807, 2.05) is 0 Å². The molecule has 0 spiro atoms. The Bertz CT molecular complexity index is 205. The predicted octanol–water partition coefficient (Wildman–Crippen LogP) is 1.19. The minimum Gasteiger partial charge on any atom is -0.257 e. The summed E-state index contributed by atoms with van der Waals surface area (Å²) < 4.78 is 1.42. The fraction of sp³-hybridized carbons (Fsp3) is 0.167. The summed E-state index contributed by atoms with van der Waals surface area (Å²) in [6, 6.07) is 0. The first-order chi connectivity index (χ1) is 4.13. The lowest BCUT2D eigenvalue weighted by atomic mass is 10.3. The lowest BCUT2D eigenvalue weighted by molar-refractivity contribution is 0.763. The highest BCUT2D eigenvalue weighted by Gasteiger charge is 2.04. The van der Waals surface area contributed by atoms with Crippen LogP contribution in [0.4, 0.5) is 0 Å². The number of nitrogens with zero attached hydrogens (tertiary/aromatic N) is 2. The zero-order valence-electron chi connectivity index (χ0n) is 4.93. The summed E-state index contributed by atoms with van der Waals surface area (Å²) in [6.07, 6.45) is 0. The van der Waals surface area contributed by atoms with E-state index in [2.05, 4.69) is 5.10 Å². The molecule has 0 unspecified atom stereocenters. The highest BCUT2D eigenvalue weighted by atomic mass is 35.5. The van der Waals surface area contributed by atoms with Crippen LogP contribution in [0.25, 0.3) is 0 Å². The standard InChI is InChI=1S/C6H5ClN2/c1-4-5(2)8-9(3)6(4)7/h1-2H,3H3. The van der Waals surface area contributed by atoms with Crippen molar-refractivity contribution in [2.24, 2.45) is 7.05 Å². The molecule has 2 nitrogen and oxygen atoms in total. The molecule has 0 aliphatic carbocycles. The van der Waals surface area contributed by atoms with Crippen molar-refractivity contribution >= 4 is 11.6 Å². The smallest absolute Gasteiger partial charge is 0.130 e. The van der Waals surface area contributed by atoms with Gasteiger partial charge in [0.15, 0.2) is 0 Å². The molecule has 0 saturated heterocycles. The molecule has 1 aromatic rings. The van der Waals surface area contributed by atoms with Gasteiger partial charge in [-0.05, 0) is 0 Å². The predicted molar refractivity (Wildman–Crippen MR) is 35.0 cm³/mol. The van der Waals surface area contributed by atoms with Gasteiger partial charge in [0.25, 0.3) is 0 Å². The maximum absolute atomic E-state index is 5.59. The summed E-state index contributed by atoms with van der Waals surface area (Å²) in [7, 11) is 1.68. The van der Waals surface area contributed by atoms with Crippen molar-refractivity contribution < 1.29 is 0 Å². The van der Waals surface area contributed by atoms with Crippen LogP contribution in [-0.4, -0.2) is 9.78 Å². The van der Waals surface area contributed by atoms with E-state index < -0.39 is 0 Å². The van der Waals surface area contributed by atoms with E-state index in [4.69, 9.17) is 25.4 Å². The molecule has 0 saturated carbocycles. The normalized spacial score (nSPS) is 10.2. The maximum atomic E-state index is 5.59. The van der Waals surface area contributed by atoms with Gasteiger partial charge < -0.3 is 0 Å². The van der Waals surface area contributed by atoms with E-state index in [0.29, 0.717) is 10.7 Å². The van der Waals surface area contributed by atoms with Crippen LogP contribution in [0.2, 0.25) is 5.15 Å². The topological polar surface area (TPSA) is 17.8 Å². The highest BCUT2D eigenvalue weighted by molar-refractivity contribution is 6.30. The van der Waals surface area contributed by atoms with Crippen LogP contribution in [-0.2, 0) is 7.05 Å². The Balaban J connectivity index is 3.29. The van der Waals surface area contributed by atoms with Gasteiger partial charge in [0.2, 0.25) is 0 Å². The summed E-state index contributed by atoms with van der Waals surface area (Å²) in [4.78, 5) is 0. The molecule has 1 rings (SSSR count). The van der Waals surface area contributed by atoms with Crippen molar-refractivity contribution in [3.8, 4) is 0 Å². The van der Waals surface area contributed by atoms with E-state index >= 15 is 0 Å². The molecule has 0 aliphatic rings. The molecule has 0 bridgehead atoms. The number of aryl methyl sites for hydroxylation is 1. The monoisotopic (exact) mass is 140 g/mol. The molecule has 0 aromatic carbocycles. The Morgan fingerprint density at radius 1 is 1.56 bits per heavy atom. The minimum atomic E-state index is 0.280. The fourth-order valence-electron chi connectivity index (χ4n) is 0.539. The van der Waals surface area contributed by atoms with Crippen molar-refractivity contribution in [1.82, 2.24) is 9.78 Å². The van der Waals surface area contributed by atoms with Crippen LogP contribution in [0.3, 0.4) is 0 Å². The van der Waals surface area contributed by atoms with Gasteiger partial charge in [0, 0.05) is 26.5 Å². The average molecular weight is 141 g/mol. The third kappa shape index (κ3) is 0.944. The van der Waals surface area contributed by atoms with Gasteiger partial charge in [0.05, 0.1) is 5.69 Å². The van der Waals surface area contributed by atoms with Gasteiger partial charge in [0.1, 0.15) is 5.15 Å². The van der Waals surface area contributed by atoms with Gasteiger partial charge in [-0.25, -0.2) is 0 Å². The molecule has 9 heavy (non-hydrogen) atoms. The molecule has 0 fully saturated rings. The maximum Gasteiger partial charge on any atom is 0.130 e. The van der Waals surface area contributed by atoms with Crippen LogP contribution in [0, 0.1) is 13.8 Å². The third-order valence-electron chi connectivity index (χ3n) is 1.04. The van der Waals surface area contributed by atoms with Crippen LogP contribution in [0.1, 0.15) is 11.3 Å². The van der Waals surface area contributed by atoms with E-state index in [9.17, 15) is 0 Å². The summed E-state index contributed by atoms with van der Waals surface area (Å²) in [6.45, 7) is 10.7. The second-order valence-corrected chi connectivity index (χ2v) is 2.07. The second-order valence-electron chi connectivity index (χ2n) is 1.71. The van der Waals surface area contributed by atoms with E-state index in [-0.39, 0.29) is 5.69 Å². The van der Waals surface area contributed by atoms with Crippen molar-refractivity contribution in [2.75, 3.05) is 0 Å². The van der Waals surface area contributed by atoms with Gasteiger partial charge in [-0.2, -0.15) is 5.10 Å². The largest absolute Gasteiger partial charge is 0.257 e. The van der Waals surface area contributed by atoms with Crippen LogP contribution >= 0.6 is 11.6 Å². The number of hydrogen-bond acceptors (Lipinski definition) is 1. The molecule has 0 amide bonds. The zero-order valence-corrected chi connectivity index (χ0v) is 5.68. The number of hydrogen-bond donors (Lipinski definition) is 0. The molecule has 0 N–H and O–H groups in total. The van der Waals surface area contributed by atoms with E-state index in [1.165, 1.54) is 4.68 Å². The molecule has 3 heteroatoms. The number of halogens is 1. The van der Waals surface area contributed by atoms with E-state index in [0.717, 1.165) is 0 Å². The average Bonchev–Trinajstić information content (AvgIpc) is 1.98. The summed E-state index contributed by atoms with van der Waals surface area (Å²) in [5, 5.41) is 4.13. The summed E-state index contributed by atoms with van der Waals surface area (Å²) >= 11 is 5.59. The Kier molecular flexibility index (Phi) is 1.49. The number of aromatic nitrogens is 2. The number of rotatable bonds is 0. The van der Waals surface area contributed by atoms with Crippen molar-refractivity contribution in [1.29, 1.82) is 0 Å². The first-order valence-electron chi connectivity index (χ1n) is 2.36. The Morgan fingerprint density at radius 3 is 2.22 bits per heavy atom. The molecule has 46 valence electrons. The Labute approximate surface area is 59.4 Å². The lowest BCUT2D eigenvalue weighted by Crippen LogP contribution is -1.88. The minimum absolute atomic E-state index is 0.280. The Hall–Kier alpha value is -0.500. The second kappa shape index (κ2) is 2.03. The quantitative estimate of drug-likeness (QED) is 0.530. The molecule has 4 radical (unpaired) electrons. The first kappa shape index (κ1) is 6.62. The molecule has 0 atom stereocenters. The third-order valence-corrected chi connectivity index (χ3v) is 1.49. The first-order valence-corrected chi connectivity index (χ1v) is 2.74. The molecular formula is C6H5ClN2. The van der Waals surface area contributed by atoms with Gasteiger partial charge in [-0.1, -0.05) is 11.6 Å². The van der Waals surface area contributed by atoms with Crippen molar-refractivity contribution in [3.63, 3.8) is 0 Å². The van der Waals surface area contributed by atoms with E-state index in [1.54, 1.807) is 7.05 Å². The van der Waals surface area contributed by atoms with Crippen LogP contribution in [0.15, 0.2) is 0 Å². The summed E-state index contributed by atoms with van der Waals surface area (Å²) in [5.74, 6) is 0. The highest BCUT2D eigenvalue weighted by Crippen LogP contribution is 2.15. The van der Waals surface area contributed by atoms with Crippen molar-refractivity contribution in [3.05, 3.63) is 30.3 Å². The lowest BCUT2D eigenvalue weighted by Gasteiger charge is -1.87. The Morgan fingerprint density at radius 2 is 2.11 bits per heavy atom. The molecule has 0 aliphatic heterocycles. The van der Waals surface area contributed by atoms with Crippen LogP contribution < -0.4 is 0 Å². The molecule has 1 heterocycles. The fourth-order valence-corrected chi connectivity index (χ4v) is 0.674. The van der Waals surface area contributed by atoms with Crippen LogP contribution in [0.5, 0.6) is 0 Å². The summed E-state index contributed by atoms with van der Waals surface area (Å²) in [5.41, 5.74) is 0.627. The van der Waals surface area contributed by atoms with Gasteiger partial charge >= 0.3 is 0 Å². The van der Waals surface area contributed by atoms with Crippen molar-refractivity contribution in [2.45, 2.75) is 0 Å². The van der Waals surface area contributed by atoms with Gasteiger partial charge in [-0.3, -0.25) is 4.68 Å². The van der Waals surface area contributed by atoms with Gasteiger partial charge in [-0.15, -0.1) is 0 Å². The zero-order chi connectivity index (χ0) is 7.02. The molecular weight excluding hydrogens is 136 g/mol.